The number of ether oxygens (including phenoxy) is 3. The van der Waals surface area contributed by atoms with Crippen LogP contribution in [0.5, 0.6) is 0 Å². The summed E-state index contributed by atoms with van der Waals surface area (Å²) >= 11 is 0. The van der Waals surface area contributed by atoms with E-state index in [4.69, 9.17) is 19.3 Å². The zero-order valence-electron chi connectivity index (χ0n) is 28.8. The first kappa shape index (κ1) is 38.5. The first-order chi connectivity index (χ1) is 24.9. The van der Waals surface area contributed by atoms with Crippen molar-refractivity contribution >= 4 is 23.9 Å². The summed E-state index contributed by atoms with van der Waals surface area (Å²) in [5.74, 6) is -2.30. The van der Waals surface area contributed by atoms with E-state index in [1.165, 1.54) is 0 Å². The van der Waals surface area contributed by atoms with E-state index in [2.05, 4.69) is 41.2 Å². The van der Waals surface area contributed by atoms with Crippen molar-refractivity contribution in [3.05, 3.63) is 121 Å². The van der Waals surface area contributed by atoms with Crippen LogP contribution in [0.25, 0.3) is 11.1 Å². The van der Waals surface area contributed by atoms with Gasteiger partial charge in [0.05, 0.1) is 31.8 Å². The van der Waals surface area contributed by atoms with E-state index in [0.29, 0.717) is 12.0 Å². The van der Waals surface area contributed by atoms with Crippen LogP contribution in [0.1, 0.15) is 54.3 Å². The molecule has 3 atom stereocenters. The Hall–Kier alpha value is -5.26. The number of aliphatic hydroxyl groups excluding tert-OH is 1. The first-order valence-electron chi connectivity index (χ1n) is 17.2. The van der Waals surface area contributed by atoms with Crippen LogP contribution < -0.4 is 16.0 Å². The summed E-state index contributed by atoms with van der Waals surface area (Å²) in [6.07, 6.45) is 3.28. The van der Waals surface area contributed by atoms with Crippen molar-refractivity contribution in [2.24, 2.45) is 5.92 Å². The number of alkyl carbamates (subject to hydrolysis) is 1. The number of carbonyl (C=O) groups excluding carboxylic acids is 4. The van der Waals surface area contributed by atoms with E-state index >= 15 is 0 Å². The molecule has 51 heavy (non-hydrogen) atoms. The Morgan fingerprint density at radius 1 is 0.824 bits per heavy atom. The minimum atomic E-state index is -1.02. The lowest BCUT2D eigenvalue weighted by Crippen LogP contribution is -2.44. The number of carbonyl (C=O) groups is 4. The van der Waals surface area contributed by atoms with Crippen LogP contribution in [-0.2, 0) is 28.6 Å². The molecule has 3 aromatic rings. The molecule has 0 radical (unpaired) electrons. The highest BCUT2D eigenvalue weighted by Gasteiger charge is 2.31. The molecule has 0 unspecified atom stereocenters. The van der Waals surface area contributed by atoms with Crippen LogP contribution >= 0.6 is 0 Å². The molecule has 3 aromatic carbocycles. The molecule has 0 saturated heterocycles. The molecule has 1 aliphatic rings. The minimum absolute atomic E-state index is 0.0899. The molecule has 0 aliphatic heterocycles. The van der Waals surface area contributed by atoms with Gasteiger partial charge in [-0.05, 0) is 47.1 Å². The average molecular weight is 698 g/mol. The summed E-state index contributed by atoms with van der Waals surface area (Å²) < 4.78 is 16.5. The molecule has 0 fully saturated rings. The molecule has 4 rings (SSSR count). The number of fused-ring (bicyclic) bond motifs is 3. The molecule has 0 spiro atoms. The predicted molar refractivity (Wildman–Crippen MR) is 194 cm³/mol. The van der Waals surface area contributed by atoms with E-state index in [0.717, 1.165) is 22.3 Å². The molecule has 0 saturated carbocycles. The van der Waals surface area contributed by atoms with Gasteiger partial charge in [-0.15, -0.1) is 13.2 Å². The highest BCUT2D eigenvalue weighted by Crippen LogP contribution is 2.44. The zero-order chi connectivity index (χ0) is 36.4. The van der Waals surface area contributed by atoms with Gasteiger partial charge in [-0.1, -0.05) is 91.0 Å². The second kappa shape index (κ2) is 20.4. The van der Waals surface area contributed by atoms with Crippen molar-refractivity contribution in [1.29, 1.82) is 0 Å². The molecule has 3 amide bonds. The Morgan fingerprint density at radius 3 is 2.14 bits per heavy atom. The van der Waals surface area contributed by atoms with Crippen LogP contribution in [-0.4, -0.2) is 74.6 Å². The molecule has 4 N–H and O–H groups in total. The van der Waals surface area contributed by atoms with E-state index in [1.807, 2.05) is 42.5 Å². The predicted octanol–water partition coefficient (Wildman–Crippen LogP) is 4.97. The van der Waals surface area contributed by atoms with Crippen molar-refractivity contribution in [2.75, 3.05) is 39.6 Å². The molecule has 0 aromatic heterocycles. The molecular weight excluding hydrogens is 650 g/mol. The number of benzene rings is 3. The van der Waals surface area contributed by atoms with Crippen molar-refractivity contribution in [1.82, 2.24) is 16.0 Å². The number of nitrogens with one attached hydrogen (secondary N) is 3. The summed E-state index contributed by atoms with van der Waals surface area (Å²) in [4.78, 5) is 52.5. The number of esters is 1. The largest absolute Gasteiger partial charge is 0.462 e. The maximum Gasteiger partial charge on any atom is 0.407 e. The first-order valence-corrected chi connectivity index (χ1v) is 17.2. The molecule has 1 aliphatic carbocycles. The van der Waals surface area contributed by atoms with Gasteiger partial charge in [0.2, 0.25) is 11.8 Å². The van der Waals surface area contributed by atoms with Crippen LogP contribution in [0.15, 0.2) is 104 Å². The molecule has 11 heteroatoms. The summed E-state index contributed by atoms with van der Waals surface area (Å²) in [7, 11) is 0. The van der Waals surface area contributed by atoms with Gasteiger partial charge < -0.3 is 35.3 Å². The summed E-state index contributed by atoms with van der Waals surface area (Å²) in [5.41, 5.74) is 5.04. The lowest BCUT2D eigenvalue weighted by atomic mass is 9.98. The van der Waals surface area contributed by atoms with E-state index < -0.39 is 36.0 Å². The lowest BCUT2D eigenvalue weighted by Gasteiger charge is -2.24. The molecule has 0 heterocycles. The van der Waals surface area contributed by atoms with Crippen LogP contribution in [0.3, 0.4) is 0 Å². The number of allylic oxidation sites excluding steroid dienone is 2. The van der Waals surface area contributed by atoms with E-state index in [-0.39, 0.29) is 70.7 Å². The van der Waals surface area contributed by atoms with Crippen molar-refractivity contribution < 1.29 is 38.5 Å². The van der Waals surface area contributed by atoms with Gasteiger partial charge in [-0.2, -0.15) is 0 Å². The number of rotatable bonds is 21. The maximum absolute atomic E-state index is 13.5. The lowest BCUT2D eigenvalue weighted by molar-refractivity contribution is -0.147. The number of aliphatic hydroxyl groups is 1. The molecule has 11 nitrogen and oxygen atoms in total. The Kier molecular flexibility index (Phi) is 15.4. The van der Waals surface area contributed by atoms with Crippen LogP contribution in [0, 0.1) is 5.92 Å². The molecule has 270 valence electrons. The fraction of sp³-hybridized carbons (Fsp3) is 0.350. The van der Waals surface area contributed by atoms with Crippen molar-refractivity contribution in [3.8, 4) is 11.1 Å². The zero-order valence-corrected chi connectivity index (χ0v) is 28.8. The monoisotopic (exact) mass is 697 g/mol. The minimum Gasteiger partial charge on any atom is -0.462 e. The quantitative estimate of drug-likeness (QED) is 0.0692. The number of hydrogen-bond donors (Lipinski definition) is 4. The highest BCUT2D eigenvalue weighted by atomic mass is 16.6. The van der Waals surface area contributed by atoms with E-state index in [1.54, 1.807) is 36.4 Å². The highest BCUT2D eigenvalue weighted by molar-refractivity contribution is 5.86. The average Bonchev–Trinajstić information content (AvgIpc) is 3.47. The molecular formula is C40H47N3O8. The summed E-state index contributed by atoms with van der Waals surface area (Å²) in [6, 6.07) is 23.3. The Morgan fingerprint density at radius 2 is 1.49 bits per heavy atom. The Bertz CT molecular complexity index is 1580. The second-order valence-corrected chi connectivity index (χ2v) is 12.1. The third-order valence-electron chi connectivity index (χ3n) is 8.55. The Labute approximate surface area is 299 Å². The fourth-order valence-electron chi connectivity index (χ4n) is 5.99. The van der Waals surface area contributed by atoms with Crippen molar-refractivity contribution in [3.63, 3.8) is 0 Å². The number of hydrogen-bond acceptors (Lipinski definition) is 8. The van der Waals surface area contributed by atoms with E-state index in [9.17, 15) is 19.2 Å². The van der Waals surface area contributed by atoms with Gasteiger partial charge in [-0.3, -0.25) is 9.59 Å². The third-order valence-corrected chi connectivity index (χ3v) is 8.55. The maximum atomic E-state index is 13.5. The molecule has 0 bridgehead atoms. The summed E-state index contributed by atoms with van der Waals surface area (Å²) in [5, 5.41) is 17.1. The van der Waals surface area contributed by atoms with Gasteiger partial charge >= 0.3 is 12.1 Å². The van der Waals surface area contributed by atoms with Gasteiger partial charge in [0.1, 0.15) is 19.3 Å². The van der Waals surface area contributed by atoms with Crippen LogP contribution in [0.2, 0.25) is 0 Å². The third kappa shape index (κ3) is 11.4. The second-order valence-electron chi connectivity index (χ2n) is 12.1. The normalized spacial score (nSPS) is 13.4. The van der Waals surface area contributed by atoms with Crippen molar-refractivity contribution in [2.45, 2.75) is 43.7 Å². The van der Waals surface area contributed by atoms with Gasteiger partial charge in [-0.25, -0.2) is 9.59 Å². The smallest absolute Gasteiger partial charge is 0.407 e. The van der Waals surface area contributed by atoms with Crippen LogP contribution in [0.4, 0.5) is 4.79 Å². The Balaban J connectivity index is 1.37. The SMILES string of the molecule is C=CCC[C@H](NC(=O)OCC1c2ccccc2-c2ccccc21)C(=O)OC[C@H](NC(=O)[C@H](CC=C)CC(=O)NCCOCCO)c1ccccc1. The summed E-state index contributed by atoms with van der Waals surface area (Å²) in [6.45, 7) is 7.86. The van der Waals surface area contributed by atoms with Gasteiger partial charge in [0, 0.05) is 18.9 Å². The number of amides is 3. The fourth-order valence-corrected chi connectivity index (χ4v) is 5.99. The van der Waals surface area contributed by atoms with Gasteiger partial charge in [0.25, 0.3) is 0 Å². The standard InChI is InChI=1S/C40H47N3O8/c1-3-5-20-35(43-40(48)51-26-34-32-18-11-9-16-30(32)31-17-10-12-19-33(31)34)39(47)50-27-36(28-14-7-6-8-15-28)42-38(46)29(13-4-2)25-37(45)41-21-23-49-24-22-44/h3-4,6-12,14-19,29,34-36,44H,1-2,5,13,20-27H2,(H,41,45)(H,42,46)(H,43,48)/t29-,35+,36+/m1/s1. The topological polar surface area (TPSA) is 152 Å². The van der Waals surface area contributed by atoms with Gasteiger partial charge in [0.15, 0.2) is 0 Å².